The Kier molecular flexibility index (Phi) is 4.54. The molecule has 0 spiro atoms. The number of hydrogen-bond donors (Lipinski definition) is 0. The van der Waals surface area contributed by atoms with Gasteiger partial charge in [0.15, 0.2) is 5.90 Å². The maximum Gasteiger partial charge on any atom is 0.209 e. The first-order valence-corrected chi connectivity index (χ1v) is 11.2. The lowest BCUT2D eigenvalue weighted by atomic mass is 9.93. The van der Waals surface area contributed by atoms with Crippen molar-refractivity contribution in [2.24, 2.45) is 4.99 Å². The lowest BCUT2D eigenvalue weighted by Gasteiger charge is -2.19. The van der Waals surface area contributed by atoms with Gasteiger partial charge in [0.25, 0.3) is 0 Å². The number of ether oxygens (including phenoxy) is 1. The maximum absolute atomic E-state index is 6.07. The van der Waals surface area contributed by atoms with Crippen LogP contribution in [0, 0.1) is 0 Å². The van der Waals surface area contributed by atoms with Crippen LogP contribution in [0.25, 0.3) is 32.8 Å². The molecular formula is C29H24N2O2. The highest BCUT2D eigenvalue weighted by atomic mass is 16.5. The molecule has 5 aromatic rings. The predicted octanol–water partition coefficient (Wildman–Crippen LogP) is 7.10. The van der Waals surface area contributed by atoms with Crippen LogP contribution in [0.4, 0.5) is 0 Å². The van der Waals surface area contributed by atoms with E-state index in [4.69, 9.17) is 19.1 Å². The molecule has 0 amide bonds. The van der Waals surface area contributed by atoms with Gasteiger partial charge in [-0.25, -0.2) is 9.98 Å². The summed E-state index contributed by atoms with van der Waals surface area (Å²) in [5.74, 6) is 1.26. The van der Waals surface area contributed by atoms with Gasteiger partial charge >= 0.3 is 0 Å². The normalized spacial score (nSPS) is 16.2. The van der Waals surface area contributed by atoms with E-state index in [1.807, 2.05) is 26.0 Å². The molecule has 4 nitrogen and oxygen atoms in total. The zero-order valence-corrected chi connectivity index (χ0v) is 18.7. The molecule has 1 aromatic heterocycles. The van der Waals surface area contributed by atoms with E-state index in [9.17, 15) is 0 Å². The van der Waals surface area contributed by atoms with E-state index in [0.29, 0.717) is 18.4 Å². The second-order valence-corrected chi connectivity index (χ2v) is 9.09. The van der Waals surface area contributed by atoms with Crippen molar-refractivity contribution >= 4 is 27.4 Å². The van der Waals surface area contributed by atoms with Crippen molar-refractivity contribution in [3.63, 3.8) is 0 Å². The van der Waals surface area contributed by atoms with E-state index in [0.717, 1.165) is 16.8 Å². The molecule has 1 atom stereocenters. The van der Waals surface area contributed by atoms with Gasteiger partial charge in [-0.3, -0.25) is 0 Å². The van der Waals surface area contributed by atoms with Gasteiger partial charge in [-0.15, -0.1) is 0 Å². The maximum atomic E-state index is 6.07. The average molecular weight is 433 g/mol. The SMILES string of the molecule is CC(C)(C1=N[C@@H](c2ccc3ccccc3c2)CO1)c1nc(-c2ccc3ccccc3c2)co1. The molecule has 1 aliphatic heterocycles. The number of hydrogen-bond acceptors (Lipinski definition) is 4. The van der Waals surface area contributed by atoms with Crippen LogP contribution in [0.5, 0.6) is 0 Å². The average Bonchev–Trinajstić information content (AvgIpc) is 3.55. The Morgan fingerprint density at radius 3 is 2.21 bits per heavy atom. The summed E-state index contributed by atoms with van der Waals surface area (Å²) in [6, 6.07) is 29.5. The smallest absolute Gasteiger partial charge is 0.209 e. The van der Waals surface area contributed by atoms with Crippen molar-refractivity contribution < 1.29 is 9.15 Å². The highest BCUT2D eigenvalue weighted by molar-refractivity contribution is 5.89. The highest BCUT2D eigenvalue weighted by Gasteiger charge is 2.38. The zero-order chi connectivity index (χ0) is 22.4. The number of aromatic nitrogens is 1. The minimum Gasteiger partial charge on any atom is -0.478 e. The third-order valence-electron chi connectivity index (χ3n) is 6.43. The molecule has 4 heteroatoms. The summed E-state index contributed by atoms with van der Waals surface area (Å²) in [7, 11) is 0. The largest absolute Gasteiger partial charge is 0.478 e. The molecule has 0 saturated carbocycles. The highest BCUT2D eigenvalue weighted by Crippen LogP contribution is 2.35. The molecular weight excluding hydrogens is 408 g/mol. The molecule has 162 valence electrons. The Morgan fingerprint density at radius 2 is 1.45 bits per heavy atom. The molecule has 0 unspecified atom stereocenters. The van der Waals surface area contributed by atoms with Gasteiger partial charge in [-0.05, 0) is 53.1 Å². The number of nitrogens with zero attached hydrogens (tertiary/aromatic N) is 2. The summed E-state index contributed by atoms with van der Waals surface area (Å²) in [5, 5.41) is 4.83. The van der Waals surface area contributed by atoms with Crippen LogP contribution in [0.2, 0.25) is 0 Å². The molecule has 0 saturated heterocycles. The van der Waals surface area contributed by atoms with Gasteiger partial charge in [0.1, 0.15) is 30.0 Å². The van der Waals surface area contributed by atoms with Gasteiger partial charge in [0, 0.05) is 5.56 Å². The molecule has 0 fully saturated rings. The summed E-state index contributed by atoms with van der Waals surface area (Å²) in [6.07, 6.45) is 1.72. The molecule has 0 N–H and O–H groups in total. The van der Waals surface area contributed by atoms with E-state index in [2.05, 4.69) is 72.8 Å². The number of aliphatic imine (C=N–C) groups is 1. The zero-order valence-electron chi connectivity index (χ0n) is 18.7. The van der Waals surface area contributed by atoms with E-state index < -0.39 is 5.41 Å². The fourth-order valence-electron chi connectivity index (χ4n) is 4.44. The first-order valence-electron chi connectivity index (χ1n) is 11.2. The predicted molar refractivity (Wildman–Crippen MR) is 133 cm³/mol. The van der Waals surface area contributed by atoms with Crippen molar-refractivity contribution in [1.82, 2.24) is 4.98 Å². The minimum absolute atomic E-state index is 0.0289. The second-order valence-electron chi connectivity index (χ2n) is 9.09. The molecule has 0 bridgehead atoms. The van der Waals surface area contributed by atoms with Gasteiger partial charge < -0.3 is 9.15 Å². The summed E-state index contributed by atoms with van der Waals surface area (Å²) in [6.45, 7) is 4.62. The standard InChI is InChI=1S/C29H24N2O2/c1-29(2,27-30-25(17-32-27)23-13-11-19-7-3-5-9-21(19)15-23)28-31-26(18-33-28)24-14-12-20-8-4-6-10-22(20)16-24/h3-17,26H,18H2,1-2H3/t26-/m1/s1. The van der Waals surface area contributed by atoms with Crippen LogP contribution in [-0.4, -0.2) is 17.5 Å². The summed E-state index contributed by atoms with van der Waals surface area (Å²) >= 11 is 0. The van der Waals surface area contributed by atoms with Crippen molar-refractivity contribution in [3.8, 4) is 11.3 Å². The van der Waals surface area contributed by atoms with Gasteiger partial charge in [0.05, 0.1) is 0 Å². The molecule has 33 heavy (non-hydrogen) atoms. The van der Waals surface area contributed by atoms with Gasteiger partial charge in [-0.1, -0.05) is 72.8 Å². The first-order chi connectivity index (χ1) is 16.1. The van der Waals surface area contributed by atoms with E-state index in [1.54, 1.807) is 6.26 Å². The summed E-state index contributed by atoms with van der Waals surface area (Å²) in [5.41, 5.74) is 2.43. The number of oxazole rings is 1. The first kappa shape index (κ1) is 19.7. The monoisotopic (exact) mass is 432 g/mol. The fraction of sp³-hybridized carbons (Fsp3) is 0.172. The number of rotatable bonds is 4. The quantitative estimate of drug-likeness (QED) is 0.304. The van der Waals surface area contributed by atoms with Crippen LogP contribution >= 0.6 is 0 Å². The van der Waals surface area contributed by atoms with Crippen LogP contribution in [0.1, 0.15) is 31.3 Å². The second kappa shape index (κ2) is 7.59. The summed E-state index contributed by atoms with van der Waals surface area (Å²) < 4.78 is 12.0. The Morgan fingerprint density at radius 1 is 0.788 bits per heavy atom. The van der Waals surface area contributed by atoms with E-state index in [-0.39, 0.29) is 6.04 Å². The van der Waals surface area contributed by atoms with Gasteiger partial charge in [0.2, 0.25) is 5.89 Å². The lowest BCUT2D eigenvalue weighted by Crippen LogP contribution is -2.29. The van der Waals surface area contributed by atoms with Crippen molar-refractivity contribution in [2.45, 2.75) is 25.3 Å². The molecule has 4 aromatic carbocycles. The van der Waals surface area contributed by atoms with Crippen LogP contribution in [-0.2, 0) is 10.2 Å². The van der Waals surface area contributed by atoms with Crippen LogP contribution in [0.15, 0.2) is 101 Å². The Balaban J connectivity index is 1.29. The van der Waals surface area contributed by atoms with Crippen LogP contribution in [0.3, 0.4) is 0 Å². The molecule has 0 aliphatic carbocycles. The third-order valence-corrected chi connectivity index (χ3v) is 6.43. The Labute approximate surface area is 192 Å². The van der Waals surface area contributed by atoms with Crippen molar-refractivity contribution in [3.05, 3.63) is 103 Å². The Hall–Kier alpha value is -3.92. The number of benzene rings is 4. The topological polar surface area (TPSA) is 47.6 Å². The van der Waals surface area contributed by atoms with Crippen molar-refractivity contribution in [2.75, 3.05) is 6.61 Å². The Bertz CT molecular complexity index is 1510. The summed E-state index contributed by atoms with van der Waals surface area (Å²) in [4.78, 5) is 9.75. The fourth-order valence-corrected chi connectivity index (χ4v) is 4.44. The van der Waals surface area contributed by atoms with Crippen LogP contribution < -0.4 is 0 Å². The lowest BCUT2D eigenvalue weighted by molar-refractivity contribution is 0.284. The van der Waals surface area contributed by atoms with Crippen molar-refractivity contribution in [1.29, 1.82) is 0 Å². The molecule has 2 heterocycles. The molecule has 1 aliphatic rings. The van der Waals surface area contributed by atoms with E-state index in [1.165, 1.54) is 21.5 Å². The third kappa shape index (κ3) is 3.48. The molecule has 0 radical (unpaired) electrons. The van der Waals surface area contributed by atoms with Gasteiger partial charge in [-0.2, -0.15) is 0 Å². The van der Waals surface area contributed by atoms with E-state index >= 15 is 0 Å². The molecule has 6 rings (SSSR count). The number of fused-ring (bicyclic) bond motifs is 2. The minimum atomic E-state index is -0.569.